The van der Waals surface area contributed by atoms with Crippen molar-refractivity contribution in [2.45, 2.75) is 20.3 Å². The first kappa shape index (κ1) is 19.5. The Hall–Kier alpha value is -2.82. The van der Waals surface area contributed by atoms with Crippen molar-refractivity contribution < 1.29 is 9.59 Å². The monoisotopic (exact) mass is 353 g/mol. The van der Waals surface area contributed by atoms with Gasteiger partial charge in [-0.3, -0.25) is 9.59 Å². The third kappa shape index (κ3) is 5.92. The van der Waals surface area contributed by atoms with Crippen LogP contribution in [0, 0.1) is 6.92 Å². The molecule has 0 radical (unpaired) electrons. The second kappa shape index (κ2) is 10.2. The van der Waals surface area contributed by atoms with Crippen LogP contribution in [0.4, 0.5) is 5.69 Å². The quantitative estimate of drug-likeness (QED) is 0.682. The average molecular weight is 353 g/mol. The Morgan fingerprint density at radius 2 is 1.65 bits per heavy atom. The Balaban J connectivity index is 1.67. The number of hydrogen-bond acceptors (Lipinski definition) is 3. The van der Waals surface area contributed by atoms with Gasteiger partial charge in [-0.2, -0.15) is 0 Å². The molecule has 0 aromatic heterocycles. The maximum Gasteiger partial charge on any atom is 0.251 e. The van der Waals surface area contributed by atoms with Crippen molar-refractivity contribution in [3.63, 3.8) is 0 Å². The predicted octanol–water partition coefficient (Wildman–Crippen LogP) is 2.76. The molecule has 138 valence electrons. The average Bonchev–Trinajstić information content (AvgIpc) is 2.67. The topological polar surface area (TPSA) is 61.4 Å². The minimum Gasteiger partial charge on any atom is -0.372 e. The van der Waals surface area contributed by atoms with Gasteiger partial charge < -0.3 is 15.5 Å². The van der Waals surface area contributed by atoms with E-state index in [-0.39, 0.29) is 18.4 Å². The summed E-state index contributed by atoms with van der Waals surface area (Å²) in [4.78, 5) is 26.3. The SMILES string of the molecule is CCN(CCCNC(=O)CNC(=O)c1ccccc1C)c1ccccc1. The summed E-state index contributed by atoms with van der Waals surface area (Å²) in [6, 6.07) is 17.6. The fraction of sp³-hybridized carbons (Fsp3) is 0.333. The summed E-state index contributed by atoms with van der Waals surface area (Å²) in [6.07, 6.45) is 0.847. The van der Waals surface area contributed by atoms with E-state index in [1.807, 2.05) is 43.3 Å². The van der Waals surface area contributed by atoms with Crippen LogP contribution in [0.2, 0.25) is 0 Å². The zero-order valence-corrected chi connectivity index (χ0v) is 15.5. The van der Waals surface area contributed by atoms with Crippen LogP contribution in [-0.4, -0.2) is 38.0 Å². The van der Waals surface area contributed by atoms with Gasteiger partial charge in [0.2, 0.25) is 5.91 Å². The molecule has 5 nitrogen and oxygen atoms in total. The van der Waals surface area contributed by atoms with E-state index in [2.05, 4.69) is 34.6 Å². The first-order valence-corrected chi connectivity index (χ1v) is 9.02. The highest BCUT2D eigenvalue weighted by Crippen LogP contribution is 2.12. The Labute approximate surface area is 155 Å². The molecule has 26 heavy (non-hydrogen) atoms. The van der Waals surface area contributed by atoms with E-state index < -0.39 is 0 Å². The second-order valence-corrected chi connectivity index (χ2v) is 6.12. The summed E-state index contributed by atoms with van der Waals surface area (Å²) in [5, 5.41) is 5.52. The highest BCUT2D eigenvalue weighted by Gasteiger charge is 2.10. The van der Waals surface area contributed by atoms with E-state index >= 15 is 0 Å². The first-order valence-electron chi connectivity index (χ1n) is 9.02. The molecule has 0 aliphatic rings. The van der Waals surface area contributed by atoms with Gasteiger partial charge in [-0.05, 0) is 44.0 Å². The van der Waals surface area contributed by atoms with Crippen molar-refractivity contribution >= 4 is 17.5 Å². The number of para-hydroxylation sites is 1. The third-order valence-electron chi connectivity index (χ3n) is 4.23. The molecule has 0 saturated heterocycles. The van der Waals surface area contributed by atoms with Gasteiger partial charge in [0.1, 0.15) is 0 Å². The van der Waals surface area contributed by atoms with E-state index in [1.165, 1.54) is 5.69 Å². The molecule has 0 fully saturated rings. The number of carbonyl (C=O) groups is 2. The molecule has 0 saturated carbocycles. The number of aryl methyl sites for hydroxylation is 1. The molecule has 0 aliphatic carbocycles. The molecule has 0 heterocycles. The van der Waals surface area contributed by atoms with Crippen LogP contribution in [0.5, 0.6) is 0 Å². The van der Waals surface area contributed by atoms with Crippen LogP contribution >= 0.6 is 0 Å². The highest BCUT2D eigenvalue weighted by molar-refractivity contribution is 5.97. The summed E-state index contributed by atoms with van der Waals surface area (Å²) in [6.45, 7) is 6.36. The molecule has 2 aromatic rings. The summed E-state index contributed by atoms with van der Waals surface area (Å²) >= 11 is 0. The van der Waals surface area contributed by atoms with Gasteiger partial charge in [0.25, 0.3) is 5.91 Å². The smallest absolute Gasteiger partial charge is 0.251 e. The minimum absolute atomic E-state index is 0.0106. The molecule has 2 amide bonds. The lowest BCUT2D eigenvalue weighted by atomic mass is 10.1. The summed E-state index contributed by atoms with van der Waals surface area (Å²) < 4.78 is 0. The number of anilines is 1. The van der Waals surface area contributed by atoms with Crippen LogP contribution in [-0.2, 0) is 4.79 Å². The first-order chi connectivity index (χ1) is 12.6. The number of nitrogens with zero attached hydrogens (tertiary/aromatic N) is 1. The van der Waals surface area contributed by atoms with Crippen LogP contribution in [0.25, 0.3) is 0 Å². The van der Waals surface area contributed by atoms with Crippen LogP contribution < -0.4 is 15.5 Å². The highest BCUT2D eigenvalue weighted by atomic mass is 16.2. The number of carbonyl (C=O) groups excluding carboxylic acids is 2. The second-order valence-electron chi connectivity index (χ2n) is 6.12. The largest absolute Gasteiger partial charge is 0.372 e. The summed E-state index contributed by atoms with van der Waals surface area (Å²) in [5.74, 6) is -0.394. The van der Waals surface area contributed by atoms with Crippen LogP contribution in [0.3, 0.4) is 0 Å². The van der Waals surface area contributed by atoms with Gasteiger partial charge in [0.05, 0.1) is 6.54 Å². The summed E-state index contributed by atoms with van der Waals surface area (Å²) in [7, 11) is 0. The molecule has 0 atom stereocenters. The van der Waals surface area contributed by atoms with E-state index in [0.717, 1.165) is 25.1 Å². The molecule has 0 aliphatic heterocycles. The standard InChI is InChI=1S/C21H27N3O2/c1-3-24(18-11-5-4-6-12-18)15-9-14-22-20(25)16-23-21(26)19-13-8-7-10-17(19)2/h4-8,10-13H,3,9,14-16H2,1-2H3,(H,22,25)(H,23,26). The predicted molar refractivity (Wildman–Crippen MR) is 105 cm³/mol. The van der Waals surface area contributed by atoms with Crippen molar-refractivity contribution in [1.29, 1.82) is 0 Å². The van der Waals surface area contributed by atoms with Gasteiger partial charge in [0.15, 0.2) is 0 Å². The van der Waals surface area contributed by atoms with Crippen molar-refractivity contribution in [1.82, 2.24) is 10.6 Å². The maximum atomic E-state index is 12.1. The van der Waals surface area contributed by atoms with Crippen LogP contribution in [0.1, 0.15) is 29.3 Å². The van der Waals surface area contributed by atoms with Gasteiger partial charge in [-0.25, -0.2) is 0 Å². The number of hydrogen-bond donors (Lipinski definition) is 2. The van der Waals surface area contributed by atoms with Crippen molar-refractivity contribution in [2.24, 2.45) is 0 Å². The Bertz CT molecular complexity index is 716. The van der Waals surface area contributed by atoms with Crippen molar-refractivity contribution in [3.8, 4) is 0 Å². The van der Waals surface area contributed by atoms with Crippen LogP contribution in [0.15, 0.2) is 54.6 Å². The zero-order chi connectivity index (χ0) is 18.8. The number of nitrogens with one attached hydrogen (secondary N) is 2. The lowest BCUT2D eigenvalue weighted by Gasteiger charge is -2.23. The van der Waals surface area contributed by atoms with Gasteiger partial charge in [-0.15, -0.1) is 0 Å². The lowest BCUT2D eigenvalue weighted by molar-refractivity contribution is -0.120. The molecule has 2 N–H and O–H groups in total. The van der Waals surface area contributed by atoms with Crippen molar-refractivity contribution in [2.75, 3.05) is 31.1 Å². The minimum atomic E-state index is -0.223. The van der Waals surface area contributed by atoms with Gasteiger partial charge >= 0.3 is 0 Å². The van der Waals surface area contributed by atoms with E-state index in [9.17, 15) is 9.59 Å². The molecule has 2 rings (SSSR count). The molecular formula is C21H27N3O2. The zero-order valence-electron chi connectivity index (χ0n) is 15.5. The molecule has 2 aromatic carbocycles. The number of amides is 2. The summed E-state index contributed by atoms with van der Waals surface area (Å²) in [5.41, 5.74) is 2.68. The van der Waals surface area contributed by atoms with Gasteiger partial charge in [0, 0.05) is 30.9 Å². The number of rotatable bonds is 9. The fourth-order valence-electron chi connectivity index (χ4n) is 2.75. The molecule has 0 bridgehead atoms. The fourth-order valence-corrected chi connectivity index (χ4v) is 2.75. The van der Waals surface area contributed by atoms with Gasteiger partial charge in [-0.1, -0.05) is 36.4 Å². The van der Waals surface area contributed by atoms with Crippen molar-refractivity contribution in [3.05, 3.63) is 65.7 Å². The Kier molecular flexibility index (Phi) is 7.68. The maximum absolute atomic E-state index is 12.1. The normalized spacial score (nSPS) is 10.2. The molecule has 0 spiro atoms. The number of benzene rings is 2. The molecular weight excluding hydrogens is 326 g/mol. The lowest BCUT2D eigenvalue weighted by Crippen LogP contribution is -2.38. The third-order valence-corrected chi connectivity index (χ3v) is 4.23. The Morgan fingerprint density at radius 1 is 0.962 bits per heavy atom. The Morgan fingerprint density at radius 3 is 2.35 bits per heavy atom. The molecule has 5 heteroatoms. The van der Waals surface area contributed by atoms with E-state index in [0.29, 0.717) is 12.1 Å². The molecule has 0 unspecified atom stereocenters. The van der Waals surface area contributed by atoms with E-state index in [1.54, 1.807) is 6.07 Å². The van der Waals surface area contributed by atoms with E-state index in [4.69, 9.17) is 0 Å².